The van der Waals surface area contributed by atoms with Gasteiger partial charge in [0.15, 0.2) is 0 Å². The number of aliphatic hydroxyl groups is 1. The molecule has 0 saturated carbocycles. The summed E-state index contributed by atoms with van der Waals surface area (Å²) in [6.07, 6.45) is 0.228. The topological polar surface area (TPSA) is 102 Å². The molecule has 6 atom stereocenters. The van der Waals surface area contributed by atoms with Crippen LogP contribution >= 0.6 is 0 Å². The molecule has 0 aliphatic rings. The molecule has 1 N–H and O–H groups in total. The third-order valence-electron chi connectivity index (χ3n) is 11.5. The molecule has 2 aromatic carbocycles. The van der Waals surface area contributed by atoms with E-state index in [1.54, 1.807) is 34.3 Å². The van der Waals surface area contributed by atoms with E-state index < -0.39 is 32.4 Å². The van der Waals surface area contributed by atoms with Crippen LogP contribution in [0.15, 0.2) is 30.3 Å². The molecule has 0 spiro atoms. The highest BCUT2D eigenvalue weighted by Crippen LogP contribution is 2.45. The first-order valence-corrected chi connectivity index (χ1v) is 22.6. The molecule has 318 valence electrons. The fourth-order valence-corrected chi connectivity index (χ4v) is 13.7. The number of esters is 1. The van der Waals surface area contributed by atoms with Crippen LogP contribution < -0.4 is 18.9 Å². The minimum absolute atomic E-state index is 0.0769. The molecule has 57 heavy (non-hydrogen) atoms. The standard InChI is InChI=1S/C47H72O9Si/c1-16-18-20-34(9)42(56-57(31(3)4,32(5)6)33(7)8)27-38-26-40(51-13)29-44(53-15)45(38)47(49)55-41(21-19-17-2)36(11)46(48)35(10)24-25-54-30-37-22-23-39(50-12)28-43(37)52-14/h22-23,26,28-29,31-36,41-42,46,48H,20-21,24-25,27,30H2,1-15H3/t34-,35+,36+,41-,42+,46+/m0/s1. The minimum Gasteiger partial charge on any atom is -0.497 e. The Morgan fingerprint density at radius 3 is 1.82 bits per heavy atom. The molecule has 2 aromatic rings. The summed E-state index contributed by atoms with van der Waals surface area (Å²) >= 11 is 0. The third kappa shape index (κ3) is 13.4. The van der Waals surface area contributed by atoms with Crippen molar-refractivity contribution in [2.75, 3.05) is 35.0 Å². The first kappa shape index (κ1) is 49.5. The second-order valence-corrected chi connectivity index (χ2v) is 21.5. The van der Waals surface area contributed by atoms with E-state index in [2.05, 4.69) is 72.1 Å². The Morgan fingerprint density at radius 2 is 1.28 bits per heavy atom. The van der Waals surface area contributed by atoms with Crippen LogP contribution in [0.3, 0.4) is 0 Å². The Hall–Kier alpha value is -3.67. The molecule has 0 aliphatic carbocycles. The van der Waals surface area contributed by atoms with Crippen molar-refractivity contribution in [2.24, 2.45) is 17.8 Å². The number of hydrogen-bond acceptors (Lipinski definition) is 9. The highest BCUT2D eigenvalue weighted by molar-refractivity contribution is 6.77. The molecule has 10 heteroatoms. The summed E-state index contributed by atoms with van der Waals surface area (Å²) in [6.45, 7) is 24.1. The van der Waals surface area contributed by atoms with Crippen molar-refractivity contribution in [3.63, 3.8) is 0 Å². The molecule has 0 unspecified atom stereocenters. The zero-order valence-corrected chi connectivity index (χ0v) is 38.5. The van der Waals surface area contributed by atoms with Gasteiger partial charge in [-0.25, -0.2) is 4.79 Å². The Bertz CT molecular complexity index is 1640. The van der Waals surface area contributed by atoms with Gasteiger partial charge < -0.3 is 38.0 Å². The molecule has 0 fully saturated rings. The fraction of sp³-hybridized carbons (Fsp3) is 0.638. The fourth-order valence-electron chi connectivity index (χ4n) is 8.02. The molecule has 0 amide bonds. The quantitative estimate of drug-likeness (QED) is 0.0481. The van der Waals surface area contributed by atoms with E-state index in [0.29, 0.717) is 83.2 Å². The van der Waals surface area contributed by atoms with E-state index >= 15 is 0 Å². The third-order valence-corrected chi connectivity index (χ3v) is 17.6. The van der Waals surface area contributed by atoms with E-state index in [9.17, 15) is 9.90 Å². The van der Waals surface area contributed by atoms with Gasteiger partial charge in [0.2, 0.25) is 8.32 Å². The lowest BCUT2D eigenvalue weighted by molar-refractivity contribution is -0.0322. The summed E-state index contributed by atoms with van der Waals surface area (Å²) in [5.41, 5.74) is 3.04. The SMILES string of the molecule is CC#CC[C@H](OC(=O)c1c(C[C@@H](O[Si](C(C)C)(C(C)C)C(C)C)[C@@H](C)CC#CC)cc(OC)cc1OC)[C@@H](C)[C@H](O)[C@H](C)CCOCc1ccc(OC)cc1OC. The number of rotatable bonds is 24. The number of aliphatic hydroxyl groups excluding tert-OH is 1. The maximum atomic E-state index is 14.5. The smallest absolute Gasteiger partial charge is 0.342 e. The van der Waals surface area contributed by atoms with E-state index in [-0.39, 0.29) is 24.4 Å². The molecule has 2 rings (SSSR count). The minimum atomic E-state index is -2.34. The van der Waals surface area contributed by atoms with E-state index in [1.807, 2.05) is 45.0 Å². The maximum Gasteiger partial charge on any atom is 0.342 e. The van der Waals surface area contributed by atoms with Gasteiger partial charge in [0.1, 0.15) is 34.7 Å². The molecule has 0 heterocycles. The normalized spacial score (nSPS) is 14.7. The van der Waals surface area contributed by atoms with Crippen molar-refractivity contribution in [3.8, 4) is 46.7 Å². The van der Waals surface area contributed by atoms with Crippen LogP contribution in [0.5, 0.6) is 23.0 Å². The molecular formula is C47H72O9Si. The predicted molar refractivity (Wildman–Crippen MR) is 232 cm³/mol. The summed E-state index contributed by atoms with van der Waals surface area (Å²) in [4.78, 5) is 14.5. The van der Waals surface area contributed by atoms with Crippen LogP contribution in [0.1, 0.15) is 117 Å². The lowest BCUT2D eigenvalue weighted by atomic mass is 9.86. The summed E-state index contributed by atoms with van der Waals surface area (Å²) < 4.78 is 42.2. The summed E-state index contributed by atoms with van der Waals surface area (Å²) in [7, 11) is 4.03. The van der Waals surface area contributed by atoms with Crippen LogP contribution in [0, 0.1) is 41.4 Å². The van der Waals surface area contributed by atoms with Gasteiger partial charge in [-0.05, 0) is 78.9 Å². The Labute approximate surface area is 346 Å². The van der Waals surface area contributed by atoms with Crippen molar-refractivity contribution >= 4 is 14.3 Å². The molecule has 0 saturated heterocycles. The first-order chi connectivity index (χ1) is 27.1. The highest BCUT2D eigenvalue weighted by atomic mass is 28.4. The number of hydrogen-bond donors (Lipinski definition) is 1. The lowest BCUT2D eigenvalue weighted by Gasteiger charge is -2.46. The van der Waals surface area contributed by atoms with Crippen LogP contribution in [0.4, 0.5) is 0 Å². The van der Waals surface area contributed by atoms with Crippen molar-refractivity contribution in [1.29, 1.82) is 0 Å². The number of ether oxygens (including phenoxy) is 6. The van der Waals surface area contributed by atoms with Gasteiger partial charge in [-0.3, -0.25) is 0 Å². The van der Waals surface area contributed by atoms with E-state index in [4.69, 9.17) is 32.8 Å². The van der Waals surface area contributed by atoms with Gasteiger partial charge in [-0.15, -0.1) is 17.8 Å². The number of carbonyl (C=O) groups excluding carboxylic acids is 1. The zero-order chi connectivity index (χ0) is 42.9. The molecule has 0 radical (unpaired) electrons. The van der Waals surface area contributed by atoms with Crippen LogP contribution in [0.25, 0.3) is 0 Å². The predicted octanol–water partition coefficient (Wildman–Crippen LogP) is 10.1. The van der Waals surface area contributed by atoms with Crippen LogP contribution in [0.2, 0.25) is 16.6 Å². The zero-order valence-electron chi connectivity index (χ0n) is 37.5. The average molecular weight is 809 g/mol. The monoisotopic (exact) mass is 808 g/mol. The van der Waals surface area contributed by atoms with E-state index in [1.165, 1.54) is 7.11 Å². The number of carbonyl (C=O) groups is 1. The Balaban J connectivity index is 2.44. The van der Waals surface area contributed by atoms with Crippen molar-refractivity contribution in [2.45, 2.75) is 143 Å². The maximum absolute atomic E-state index is 14.5. The largest absolute Gasteiger partial charge is 0.497 e. The van der Waals surface area contributed by atoms with Crippen molar-refractivity contribution in [3.05, 3.63) is 47.0 Å². The Kier molecular flexibility index (Phi) is 21.1. The van der Waals surface area contributed by atoms with E-state index in [0.717, 1.165) is 5.56 Å². The van der Waals surface area contributed by atoms with Gasteiger partial charge >= 0.3 is 5.97 Å². The molecule has 0 aromatic heterocycles. The molecule has 0 aliphatic heterocycles. The van der Waals surface area contributed by atoms with Gasteiger partial charge in [0.25, 0.3) is 0 Å². The summed E-state index contributed by atoms with van der Waals surface area (Å²) in [6, 6.07) is 9.21. The lowest BCUT2D eigenvalue weighted by Crippen LogP contribution is -2.51. The molecular weight excluding hydrogens is 737 g/mol. The van der Waals surface area contributed by atoms with Crippen molar-refractivity contribution < 1.29 is 42.7 Å². The second kappa shape index (κ2) is 24.3. The molecule has 9 nitrogen and oxygen atoms in total. The van der Waals surface area contributed by atoms with Gasteiger partial charge in [0.05, 0.1) is 47.3 Å². The second-order valence-electron chi connectivity index (χ2n) is 16.1. The Morgan fingerprint density at radius 1 is 0.702 bits per heavy atom. The van der Waals surface area contributed by atoms with Crippen molar-refractivity contribution in [1.82, 2.24) is 0 Å². The van der Waals surface area contributed by atoms with Crippen LogP contribution in [-0.4, -0.2) is 72.8 Å². The molecule has 0 bridgehead atoms. The summed E-state index contributed by atoms with van der Waals surface area (Å²) in [5.74, 6) is 13.6. The van der Waals surface area contributed by atoms with Crippen LogP contribution in [-0.2, 0) is 26.9 Å². The average Bonchev–Trinajstić information content (AvgIpc) is 3.19. The summed E-state index contributed by atoms with van der Waals surface area (Å²) in [5, 5.41) is 11.6. The highest BCUT2D eigenvalue weighted by Gasteiger charge is 2.47. The first-order valence-electron chi connectivity index (χ1n) is 20.5. The van der Waals surface area contributed by atoms with Gasteiger partial charge in [0, 0.05) is 43.1 Å². The number of methoxy groups -OCH3 is 4. The van der Waals surface area contributed by atoms with Gasteiger partial charge in [-0.1, -0.05) is 68.2 Å². The number of benzene rings is 2. The van der Waals surface area contributed by atoms with Gasteiger partial charge in [-0.2, -0.15) is 0 Å².